The van der Waals surface area contributed by atoms with Gasteiger partial charge in [0.05, 0.1) is 7.11 Å². The van der Waals surface area contributed by atoms with E-state index >= 15 is 0 Å². The topological polar surface area (TPSA) is 35.2 Å². The Balaban J connectivity index is 2.07. The summed E-state index contributed by atoms with van der Waals surface area (Å²) in [5, 5.41) is 0. The predicted octanol–water partition coefficient (Wildman–Crippen LogP) is 3.35. The molecule has 0 spiro atoms. The van der Waals surface area contributed by atoms with Gasteiger partial charge in [0.1, 0.15) is 5.75 Å². The molecule has 1 atom stereocenters. The van der Waals surface area contributed by atoms with Crippen molar-refractivity contribution in [3.05, 3.63) is 53.6 Å². The quantitative estimate of drug-likeness (QED) is 0.910. The van der Waals surface area contributed by atoms with Gasteiger partial charge in [0.2, 0.25) is 0 Å². The van der Waals surface area contributed by atoms with E-state index in [1.165, 1.54) is 23.1 Å². The van der Waals surface area contributed by atoms with E-state index < -0.39 is 0 Å². The van der Waals surface area contributed by atoms with E-state index in [9.17, 15) is 0 Å². The van der Waals surface area contributed by atoms with Gasteiger partial charge in [0.15, 0.2) is 0 Å². The second kappa shape index (κ2) is 5.06. The van der Waals surface area contributed by atoms with Crippen molar-refractivity contribution >= 4 is 0 Å². The van der Waals surface area contributed by atoms with Crippen molar-refractivity contribution in [1.82, 2.24) is 0 Å². The van der Waals surface area contributed by atoms with Gasteiger partial charge < -0.3 is 10.5 Å². The van der Waals surface area contributed by atoms with E-state index in [2.05, 4.69) is 24.3 Å². The lowest BCUT2D eigenvalue weighted by Gasteiger charge is -2.12. The number of nitrogens with two attached hydrogens (primary N) is 1. The van der Waals surface area contributed by atoms with E-state index in [1.807, 2.05) is 18.2 Å². The lowest BCUT2D eigenvalue weighted by Crippen LogP contribution is -2.09. The molecule has 0 amide bonds. The average molecular weight is 253 g/mol. The number of hydrogen-bond acceptors (Lipinski definition) is 2. The lowest BCUT2D eigenvalue weighted by molar-refractivity contribution is 0.416. The molecule has 2 nitrogen and oxygen atoms in total. The van der Waals surface area contributed by atoms with E-state index in [-0.39, 0.29) is 0 Å². The van der Waals surface area contributed by atoms with Crippen LogP contribution in [0, 0.1) is 0 Å². The summed E-state index contributed by atoms with van der Waals surface area (Å²) in [4.78, 5) is 0. The third-order valence-corrected chi connectivity index (χ3v) is 4.05. The summed E-state index contributed by atoms with van der Waals surface area (Å²) < 4.78 is 5.45. The minimum Gasteiger partial charge on any atom is -0.496 e. The predicted molar refractivity (Wildman–Crippen MR) is 78.5 cm³/mol. The van der Waals surface area contributed by atoms with Crippen LogP contribution in [-0.2, 0) is 6.42 Å². The van der Waals surface area contributed by atoms with Crippen LogP contribution in [0.5, 0.6) is 5.75 Å². The highest BCUT2D eigenvalue weighted by atomic mass is 16.5. The first-order valence-corrected chi connectivity index (χ1v) is 6.79. The van der Waals surface area contributed by atoms with Gasteiger partial charge in [-0.1, -0.05) is 36.4 Å². The van der Waals surface area contributed by atoms with Crippen LogP contribution < -0.4 is 10.5 Å². The van der Waals surface area contributed by atoms with Gasteiger partial charge in [-0.2, -0.15) is 0 Å². The highest BCUT2D eigenvalue weighted by Crippen LogP contribution is 2.37. The number of fused-ring (bicyclic) bond motifs is 1. The summed E-state index contributed by atoms with van der Waals surface area (Å²) in [5.74, 6) is 1.44. The maximum absolute atomic E-state index is 5.87. The number of methoxy groups -OCH3 is 1. The molecule has 2 aromatic carbocycles. The monoisotopic (exact) mass is 253 g/mol. The van der Waals surface area contributed by atoms with Crippen molar-refractivity contribution in [3.63, 3.8) is 0 Å². The minimum absolute atomic E-state index is 0.518. The molecule has 0 heterocycles. The van der Waals surface area contributed by atoms with Crippen molar-refractivity contribution in [3.8, 4) is 16.9 Å². The summed E-state index contributed by atoms with van der Waals surface area (Å²) >= 11 is 0. The van der Waals surface area contributed by atoms with E-state index in [0.717, 1.165) is 24.3 Å². The molecular weight excluding hydrogens is 234 g/mol. The van der Waals surface area contributed by atoms with Crippen molar-refractivity contribution in [1.29, 1.82) is 0 Å². The molecule has 0 radical (unpaired) electrons. The Labute approximate surface area is 114 Å². The smallest absolute Gasteiger partial charge is 0.126 e. The summed E-state index contributed by atoms with van der Waals surface area (Å²) in [7, 11) is 1.72. The Morgan fingerprint density at radius 3 is 2.84 bits per heavy atom. The normalized spacial score (nSPS) is 17.3. The van der Waals surface area contributed by atoms with Gasteiger partial charge in [-0.25, -0.2) is 0 Å². The zero-order valence-corrected chi connectivity index (χ0v) is 11.2. The number of ether oxygens (including phenoxy) is 1. The Morgan fingerprint density at radius 1 is 1.21 bits per heavy atom. The van der Waals surface area contributed by atoms with Crippen molar-refractivity contribution in [2.45, 2.75) is 18.8 Å². The molecule has 0 bridgehead atoms. The molecule has 98 valence electrons. The largest absolute Gasteiger partial charge is 0.496 e. The fraction of sp³-hybridized carbons (Fsp3) is 0.294. The molecule has 2 N–H and O–H groups in total. The van der Waals surface area contributed by atoms with E-state index in [1.54, 1.807) is 7.11 Å². The van der Waals surface area contributed by atoms with Crippen LogP contribution in [0.4, 0.5) is 0 Å². The van der Waals surface area contributed by atoms with Crippen LogP contribution in [0.3, 0.4) is 0 Å². The molecule has 3 rings (SSSR count). The fourth-order valence-electron chi connectivity index (χ4n) is 2.98. The minimum atomic E-state index is 0.518. The van der Waals surface area contributed by atoms with Gasteiger partial charge in [-0.05, 0) is 48.1 Å². The van der Waals surface area contributed by atoms with Gasteiger partial charge >= 0.3 is 0 Å². The Kier molecular flexibility index (Phi) is 3.26. The molecule has 2 heteroatoms. The molecule has 0 saturated carbocycles. The molecule has 1 aliphatic rings. The Bertz CT molecular complexity index is 592. The molecule has 19 heavy (non-hydrogen) atoms. The van der Waals surface area contributed by atoms with Gasteiger partial charge in [0, 0.05) is 5.56 Å². The lowest BCUT2D eigenvalue weighted by atomic mass is 9.96. The van der Waals surface area contributed by atoms with Crippen LogP contribution >= 0.6 is 0 Å². The van der Waals surface area contributed by atoms with Crippen LogP contribution in [0.2, 0.25) is 0 Å². The number of rotatable bonds is 3. The van der Waals surface area contributed by atoms with Gasteiger partial charge in [0.25, 0.3) is 0 Å². The van der Waals surface area contributed by atoms with Crippen molar-refractivity contribution in [2.24, 2.45) is 5.73 Å². The third-order valence-electron chi connectivity index (χ3n) is 4.05. The average Bonchev–Trinajstić information content (AvgIpc) is 2.89. The first-order valence-electron chi connectivity index (χ1n) is 6.79. The SMILES string of the molecule is COc1ccccc1-c1ccc2c(c1)C(CN)CC2. The summed E-state index contributed by atoms with van der Waals surface area (Å²) in [6.45, 7) is 0.738. The number of aryl methyl sites for hydroxylation is 1. The third kappa shape index (κ3) is 2.13. The maximum atomic E-state index is 5.87. The Hall–Kier alpha value is -1.80. The standard InChI is InChI=1S/C17H19NO/c1-19-17-5-3-2-4-15(17)13-8-6-12-7-9-14(11-18)16(12)10-13/h2-6,8,10,14H,7,9,11,18H2,1H3. The highest BCUT2D eigenvalue weighted by Gasteiger charge is 2.21. The fourth-order valence-corrected chi connectivity index (χ4v) is 2.98. The van der Waals surface area contributed by atoms with E-state index in [0.29, 0.717) is 5.92 Å². The summed E-state index contributed by atoms with van der Waals surface area (Å²) in [6.07, 6.45) is 2.34. The second-order valence-electron chi connectivity index (χ2n) is 5.09. The molecule has 1 aliphatic carbocycles. The maximum Gasteiger partial charge on any atom is 0.126 e. The molecule has 0 aliphatic heterocycles. The number of para-hydroxylation sites is 1. The molecule has 0 saturated heterocycles. The van der Waals surface area contributed by atoms with Crippen molar-refractivity contribution < 1.29 is 4.74 Å². The van der Waals surface area contributed by atoms with Gasteiger partial charge in [-0.3, -0.25) is 0 Å². The molecule has 1 unspecified atom stereocenters. The van der Waals surface area contributed by atoms with Crippen LogP contribution in [-0.4, -0.2) is 13.7 Å². The Morgan fingerprint density at radius 2 is 2.05 bits per heavy atom. The number of benzene rings is 2. The molecule has 0 fully saturated rings. The highest BCUT2D eigenvalue weighted by molar-refractivity contribution is 5.71. The van der Waals surface area contributed by atoms with Crippen LogP contribution in [0.15, 0.2) is 42.5 Å². The second-order valence-corrected chi connectivity index (χ2v) is 5.09. The van der Waals surface area contributed by atoms with Gasteiger partial charge in [-0.15, -0.1) is 0 Å². The van der Waals surface area contributed by atoms with Crippen molar-refractivity contribution in [2.75, 3.05) is 13.7 Å². The van der Waals surface area contributed by atoms with Crippen LogP contribution in [0.1, 0.15) is 23.5 Å². The first-order chi connectivity index (χ1) is 9.33. The summed E-state index contributed by atoms with van der Waals surface area (Å²) in [5.41, 5.74) is 11.1. The molecule has 2 aromatic rings. The zero-order chi connectivity index (χ0) is 13.2. The molecular formula is C17H19NO. The van der Waals surface area contributed by atoms with E-state index in [4.69, 9.17) is 10.5 Å². The molecule has 0 aromatic heterocycles. The summed E-state index contributed by atoms with van der Waals surface area (Å²) in [6, 6.07) is 14.9. The first kappa shape index (κ1) is 12.2. The van der Waals surface area contributed by atoms with Crippen LogP contribution in [0.25, 0.3) is 11.1 Å². The zero-order valence-electron chi connectivity index (χ0n) is 11.2. The number of hydrogen-bond donors (Lipinski definition) is 1.